The molecule has 2 aliphatic carbocycles. The van der Waals surface area contributed by atoms with E-state index in [1.165, 1.54) is 51.4 Å². The van der Waals surface area contributed by atoms with Gasteiger partial charge in [0.1, 0.15) is 5.82 Å². The third-order valence-electron chi connectivity index (χ3n) is 4.89. The van der Waals surface area contributed by atoms with Gasteiger partial charge in [-0.2, -0.15) is 0 Å². The van der Waals surface area contributed by atoms with Crippen LogP contribution in [-0.4, -0.2) is 16.0 Å². The second kappa shape index (κ2) is 6.73. The highest BCUT2D eigenvalue weighted by atomic mass is 16.1. The zero-order valence-corrected chi connectivity index (χ0v) is 13.0. The van der Waals surface area contributed by atoms with Gasteiger partial charge in [0.05, 0.1) is 5.69 Å². The van der Waals surface area contributed by atoms with Gasteiger partial charge in [-0.1, -0.05) is 19.8 Å². The van der Waals surface area contributed by atoms with E-state index in [1.807, 2.05) is 0 Å². The number of nitrogens with zero attached hydrogens (tertiary/aromatic N) is 1. The Balaban J connectivity index is 1.62. The first-order chi connectivity index (χ1) is 10.2. The Morgan fingerprint density at radius 3 is 2.67 bits per heavy atom. The van der Waals surface area contributed by atoms with Crippen LogP contribution in [-0.2, 0) is 6.54 Å². The van der Waals surface area contributed by atoms with Crippen LogP contribution in [0.25, 0.3) is 0 Å². The zero-order valence-electron chi connectivity index (χ0n) is 13.0. The van der Waals surface area contributed by atoms with Crippen LogP contribution in [0.1, 0.15) is 75.7 Å². The molecule has 4 heteroatoms. The molecule has 2 saturated carbocycles. The molecule has 0 aromatic carbocycles. The topological polar surface area (TPSA) is 57.8 Å². The third-order valence-corrected chi connectivity index (χ3v) is 4.89. The van der Waals surface area contributed by atoms with Crippen molar-refractivity contribution >= 4 is 0 Å². The summed E-state index contributed by atoms with van der Waals surface area (Å²) in [5.74, 6) is 2.26. The van der Waals surface area contributed by atoms with Gasteiger partial charge < -0.3 is 10.3 Å². The maximum atomic E-state index is 11.9. The molecule has 2 aliphatic rings. The molecular weight excluding hydrogens is 262 g/mol. The quantitative estimate of drug-likeness (QED) is 0.846. The first-order valence-electron chi connectivity index (χ1n) is 8.58. The van der Waals surface area contributed by atoms with E-state index < -0.39 is 0 Å². The second-order valence-electron chi connectivity index (χ2n) is 6.78. The Bertz CT molecular complexity index is 513. The van der Waals surface area contributed by atoms with Crippen LogP contribution < -0.4 is 10.9 Å². The predicted octanol–water partition coefficient (Wildman–Crippen LogP) is 3.10. The van der Waals surface area contributed by atoms with Crippen molar-refractivity contribution in [3.8, 4) is 0 Å². The van der Waals surface area contributed by atoms with Crippen molar-refractivity contribution in [2.75, 3.05) is 0 Å². The maximum absolute atomic E-state index is 11.9. The SMILES string of the molecule is CCCC1CCC(c2nc(CNC3CC3)cc(=O)[nH]2)CC1. The number of aromatic nitrogens is 2. The van der Waals surface area contributed by atoms with E-state index in [1.54, 1.807) is 6.07 Å². The molecule has 4 nitrogen and oxygen atoms in total. The van der Waals surface area contributed by atoms with Gasteiger partial charge >= 0.3 is 0 Å². The molecule has 21 heavy (non-hydrogen) atoms. The Hall–Kier alpha value is -1.16. The van der Waals surface area contributed by atoms with Gasteiger partial charge in [0.2, 0.25) is 0 Å². The van der Waals surface area contributed by atoms with E-state index >= 15 is 0 Å². The minimum Gasteiger partial charge on any atom is -0.310 e. The molecule has 0 unspecified atom stereocenters. The molecule has 2 fully saturated rings. The fraction of sp³-hybridized carbons (Fsp3) is 0.765. The Kier molecular flexibility index (Phi) is 4.73. The normalized spacial score (nSPS) is 26.0. The number of hydrogen-bond donors (Lipinski definition) is 2. The fourth-order valence-corrected chi connectivity index (χ4v) is 3.48. The highest BCUT2D eigenvalue weighted by molar-refractivity contribution is 5.07. The van der Waals surface area contributed by atoms with E-state index in [0.29, 0.717) is 12.0 Å². The smallest absolute Gasteiger partial charge is 0.251 e. The molecule has 0 saturated heterocycles. The minimum absolute atomic E-state index is 0.00304. The molecule has 0 aliphatic heterocycles. The van der Waals surface area contributed by atoms with Gasteiger partial charge in [0, 0.05) is 24.6 Å². The van der Waals surface area contributed by atoms with Crippen LogP contribution in [0, 0.1) is 5.92 Å². The molecule has 1 aromatic heterocycles. The maximum Gasteiger partial charge on any atom is 0.251 e. The van der Waals surface area contributed by atoms with E-state index in [0.717, 1.165) is 24.0 Å². The van der Waals surface area contributed by atoms with E-state index in [4.69, 9.17) is 4.98 Å². The minimum atomic E-state index is 0.00304. The number of hydrogen-bond acceptors (Lipinski definition) is 3. The van der Waals surface area contributed by atoms with Crippen LogP contribution in [0.5, 0.6) is 0 Å². The van der Waals surface area contributed by atoms with Crippen LogP contribution >= 0.6 is 0 Å². The monoisotopic (exact) mass is 289 g/mol. The number of nitrogens with one attached hydrogen (secondary N) is 2. The molecule has 0 atom stereocenters. The average Bonchev–Trinajstić information content (AvgIpc) is 3.30. The summed E-state index contributed by atoms with van der Waals surface area (Å²) in [7, 11) is 0. The highest BCUT2D eigenvalue weighted by Crippen LogP contribution is 2.35. The Morgan fingerprint density at radius 1 is 1.24 bits per heavy atom. The largest absolute Gasteiger partial charge is 0.310 e. The molecule has 0 spiro atoms. The lowest BCUT2D eigenvalue weighted by Crippen LogP contribution is -2.23. The number of aromatic amines is 1. The molecule has 1 heterocycles. The van der Waals surface area contributed by atoms with Gasteiger partial charge in [-0.05, 0) is 44.4 Å². The molecular formula is C17H27N3O. The van der Waals surface area contributed by atoms with Crippen LogP contribution in [0.4, 0.5) is 0 Å². The zero-order chi connectivity index (χ0) is 14.7. The lowest BCUT2D eigenvalue weighted by atomic mass is 9.80. The first kappa shape index (κ1) is 14.8. The summed E-state index contributed by atoms with van der Waals surface area (Å²) < 4.78 is 0. The molecule has 0 bridgehead atoms. The highest BCUT2D eigenvalue weighted by Gasteiger charge is 2.24. The summed E-state index contributed by atoms with van der Waals surface area (Å²) >= 11 is 0. The fourth-order valence-electron chi connectivity index (χ4n) is 3.48. The summed E-state index contributed by atoms with van der Waals surface area (Å²) in [6.07, 6.45) is 10.1. The summed E-state index contributed by atoms with van der Waals surface area (Å²) in [5, 5.41) is 3.44. The lowest BCUT2D eigenvalue weighted by Gasteiger charge is -2.27. The van der Waals surface area contributed by atoms with Crippen molar-refractivity contribution in [3.63, 3.8) is 0 Å². The molecule has 1 aromatic rings. The standard InChI is InChI=1S/C17H27N3O/c1-2-3-12-4-6-13(7-5-12)17-19-15(10-16(21)20-17)11-18-14-8-9-14/h10,12-14,18H,2-9,11H2,1H3,(H,19,20,21). The van der Waals surface area contributed by atoms with Gasteiger partial charge in [0.15, 0.2) is 0 Å². The van der Waals surface area contributed by atoms with E-state index in [2.05, 4.69) is 17.2 Å². The summed E-state index contributed by atoms with van der Waals surface area (Å²) in [6, 6.07) is 2.29. The molecule has 3 rings (SSSR count). The third kappa shape index (κ3) is 4.16. The van der Waals surface area contributed by atoms with Crippen molar-refractivity contribution < 1.29 is 0 Å². The molecule has 0 amide bonds. The van der Waals surface area contributed by atoms with Crippen molar-refractivity contribution in [3.05, 3.63) is 27.9 Å². The van der Waals surface area contributed by atoms with Crippen LogP contribution in [0.2, 0.25) is 0 Å². The van der Waals surface area contributed by atoms with Crippen LogP contribution in [0.15, 0.2) is 10.9 Å². The predicted molar refractivity (Wildman–Crippen MR) is 84.3 cm³/mol. The van der Waals surface area contributed by atoms with Crippen molar-refractivity contribution in [2.24, 2.45) is 5.92 Å². The summed E-state index contributed by atoms with van der Waals surface area (Å²) in [4.78, 5) is 19.5. The number of H-pyrrole nitrogens is 1. The first-order valence-corrected chi connectivity index (χ1v) is 8.58. The van der Waals surface area contributed by atoms with Crippen molar-refractivity contribution in [2.45, 2.75) is 76.8 Å². The second-order valence-corrected chi connectivity index (χ2v) is 6.78. The summed E-state index contributed by atoms with van der Waals surface area (Å²) in [6.45, 7) is 2.99. The van der Waals surface area contributed by atoms with Gasteiger partial charge in [-0.25, -0.2) is 4.98 Å². The molecule has 0 radical (unpaired) electrons. The Labute approximate surface area is 126 Å². The average molecular weight is 289 g/mol. The summed E-state index contributed by atoms with van der Waals surface area (Å²) in [5.41, 5.74) is 0.902. The van der Waals surface area contributed by atoms with Gasteiger partial charge in [0.25, 0.3) is 5.56 Å². The van der Waals surface area contributed by atoms with E-state index in [9.17, 15) is 4.79 Å². The number of rotatable bonds is 6. The van der Waals surface area contributed by atoms with Crippen molar-refractivity contribution in [1.29, 1.82) is 0 Å². The van der Waals surface area contributed by atoms with Gasteiger partial charge in [-0.15, -0.1) is 0 Å². The van der Waals surface area contributed by atoms with Gasteiger partial charge in [-0.3, -0.25) is 4.79 Å². The molecule has 2 N–H and O–H groups in total. The molecule has 116 valence electrons. The lowest BCUT2D eigenvalue weighted by molar-refractivity contribution is 0.301. The Morgan fingerprint density at radius 2 is 2.00 bits per heavy atom. The van der Waals surface area contributed by atoms with Crippen LogP contribution in [0.3, 0.4) is 0 Å². The van der Waals surface area contributed by atoms with E-state index in [-0.39, 0.29) is 5.56 Å². The van der Waals surface area contributed by atoms with Crippen molar-refractivity contribution in [1.82, 2.24) is 15.3 Å².